The van der Waals surface area contributed by atoms with Crippen molar-refractivity contribution in [1.29, 1.82) is 0 Å². The molecule has 1 fully saturated rings. The summed E-state index contributed by atoms with van der Waals surface area (Å²) < 4.78 is 11.2. The Morgan fingerprint density at radius 2 is 2.10 bits per heavy atom. The van der Waals surface area contributed by atoms with E-state index in [0.717, 1.165) is 30.6 Å². The van der Waals surface area contributed by atoms with Gasteiger partial charge in [0.1, 0.15) is 11.5 Å². The van der Waals surface area contributed by atoms with E-state index in [1.807, 2.05) is 43.3 Å². The van der Waals surface area contributed by atoms with Crippen LogP contribution in [0.25, 0.3) is 22.4 Å². The zero-order chi connectivity index (χ0) is 20.2. The minimum absolute atomic E-state index is 0.161. The fourth-order valence-electron chi connectivity index (χ4n) is 3.30. The van der Waals surface area contributed by atoms with Gasteiger partial charge in [0.2, 0.25) is 0 Å². The Hall–Kier alpha value is -2.97. The van der Waals surface area contributed by atoms with Gasteiger partial charge in [-0.05, 0) is 56.2 Å². The highest BCUT2D eigenvalue weighted by atomic mass is 32.1. The number of carbonyl (C=O) groups excluding carboxylic acids is 1. The van der Waals surface area contributed by atoms with E-state index in [4.69, 9.17) is 21.4 Å². The van der Waals surface area contributed by atoms with E-state index in [0.29, 0.717) is 34.2 Å². The monoisotopic (exact) mass is 410 g/mol. The third-order valence-electron chi connectivity index (χ3n) is 4.76. The van der Waals surface area contributed by atoms with Crippen molar-refractivity contribution in [3.8, 4) is 11.5 Å². The highest BCUT2D eigenvalue weighted by Crippen LogP contribution is 2.26. The molecule has 4 rings (SSSR count). The smallest absolute Gasteiger partial charge is 0.270 e. The van der Waals surface area contributed by atoms with Gasteiger partial charge in [-0.3, -0.25) is 15.6 Å². The molecule has 0 aliphatic carbocycles. The van der Waals surface area contributed by atoms with Crippen LogP contribution < -0.4 is 16.2 Å². The lowest BCUT2D eigenvalue weighted by molar-refractivity contribution is 0.0944. The van der Waals surface area contributed by atoms with Crippen molar-refractivity contribution in [2.45, 2.75) is 25.9 Å². The number of pyridine rings is 1. The molecule has 1 aliphatic heterocycles. The Labute approximate surface area is 173 Å². The van der Waals surface area contributed by atoms with Gasteiger partial charge >= 0.3 is 0 Å². The van der Waals surface area contributed by atoms with E-state index < -0.39 is 0 Å². The molecular formula is C21H22N4O3S. The molecule has 150 valence electrons. The lowest BCUT2D eigenvalue weighted by Gasteiger charge is -2.15. The number of hydrogen-bond donors (Lipinski definition) is 3. The summed E-state index contributed by atoms with van der Waals surface area (Å²) in [6.07, 6.45) is 2.24. The Bertz CT molecular complexity index is 1040. The van der Waals surface area contributed by atoms with Gasteiger partial charge < -0.3 is 14.5 Å². The van der Waals surface area contributed by atoms with Crippen molar-refractivity contribution in [3.05, 3.63) is 53.8 Å². The van der Waals surface area contributed by atoms with Crippen molar-refractivity contribution in [1.82, 2.24) is 21.2 Å². The van der Waals surface area contributed by atoms with Crippen LogP contribution in [0.3, 0.4) is 0 Å². The van der Waals surface area contributed by atoms with E-state index in [9.17, 15) is 4.79 Å². The molecule has 1 atom stereocenters. The molecule has 0 spiro atoms. The number of rotatable bonds is 4. The maximum atomic E-state index is 12.9. The summed E-state index contributed by atoms with van der Waals surface area (Å²) in [6, 6.07) is 12.9. The van der Waals surface area contributed by atoms with Crippen LogP contribution in [0.5, 0.6) is 0 Å². The van der Waals surface area contributed by atoms with Crippen LogP contribution in [-0.4, -0.2) is 35.3 Å². The van der Waals surface area contributed by atoms with Crippen molar-refractivity contribution in [2.75, 3.05) is 13.2 Å². The molecule has 3 heterocycles. The highest BCUT2D eigenvalue weighted by molar-refractivity contribution is 7.80. The summed E-state index contributed by atoms with van der Waals surface area (Å²) in [4.78, 5) is 17.5. The molecule has 3 N–H and O–H groups in total. The Balaban J connectivity index is 1.49. The second-order valence-electron chi connectivity index (χ2n) is 6.91. The van der Waals surface area contributed by atoms with Crippen LogP contribution in [-0.2, 0) is 4.74 Å². The van der Waals surface area contributed by atoms with Crippen molar-refractivity contribution in [3.63, 3.8) is 0 Å². The number of aryl methyl sites for hydroxylation is 1. The normalized spacial score (nSPS) is 16.0. The first-order chi connectivity index (χ1) is 14.1. The van der Waals surface area contributed by atoms with Crippen LogP contribution in [0.15, 0.2) is 46.9 Å². The molecule has 0 bridgehead atoms. The molecule has 1 aliphatic rings. The number of ether oxygens (including phenoxy) is 1. The van der Waals surface area contributed by atoms with E-state index >= 15 is 0 Å². The molecule has 1 aromatic carbocycles. The molecule has 29 heavy (non-hydrogen) atoms. The average molecular weight is 410 g/mol. The summed E-state index contributed by atoms with van der Waals surface area (Å²) in [5.74, 6) is 1.09. The Morgan fingerprint density at radius 1 is 1.24 bits per heavy atom. The number of amides is 1. The quantitative estimate of drug-likeness (QED) is 0.450. The number of para-hydroxylation sites is 1. The number of thiocarbonyl (C=S) groups is 1. The summed E-state index contributed by atoms with van der Waals surface area (Å²) >= 11 is 5.24. The fourth-order valence-corrected chi connectivity index (χ4v) is 3.43. The van der Waals surface area contributed by atoms with Gasteiger partial charge in [-0.2, -0.15) is 0 Å². The first kappa shape index (κ1) is 19.4. The van der Waals surface area contributed by atoms with Crippen LogP contribution >= 0.6 is 12.2 Å². The van der Waals surface area contributed by atoms with Gasteiger partial charge in [0, 0.05) is 18.5 Å². The topological polar surface area (TPSA) is 88.4 Å². The number of hydrogen-bond acceptors (Lipinski definition) is 5. The van der Waals surface area contributed by atoms with E-state index in [1.165, 1.54) is 0 Å². The number of furan rings is 1. The van der Waals surface area contributed by atoms with Crippen LogP contribution in [0.1, 0.15) is 29.0 Å². The largest absolute Gasteiger partial charge is 0.460 e. The number of fused-ring (bicyclic) bond motifs is 1. The van der Waals surface area contributed by atoms with Crippen molar-refractivity contribution in [2.24, 2.45) is 0 Å². The van der Waals surface area contributed by atoms with Crippen molar-refractivity contribution < 1.29 is 13.9 Å². The number of nitrogens with one attached hydrogen (secondary N) is 3. The second kappa shape index (κ2) is 8.59. The molecular weight excluding hydrogens is 388 g/mol. The SMILES string of the molecule is Cc1ccc(-c2cc(C(=O)NNC(=S)NC[C@H]3CCCO3)c3ccccc3n2)o1. The van der Waals surface area contributed by atoms with Gasteiger partial charge in [0.05, 0.1) is 17.2 Å². The van der Waals surface area contributed by atoms with Crippen LogP contribution in [0, 0.1) is 6.92 Å². The molecule has 1 amide bonds. The molecule has 7 nitrogen and oxygen atoms in total. The molecule has 0 unspecified atom stereocenters. The maximum Gasteiger partial charge on any atom is 0.270 e. The minimum Gasteiger partial charge on any atom is -0.460 e. The van der Waals surface area contributed by atoms with E-state index in [-0.39, 0.29) is 12.0 Å². The zero-order valence-electron chi connectivity index (χ0n) is 16.0. The number of aromatic nitrogens is 1. The van der Waals surface area contributed by atoms with Gasteiger partial charge in [-0.25, -0.2) is 4.98 Å². The summed E-state index contributed by atoms with van der Waals surface area (Å²) in [7, 11) is 0. The molecule has 2 aromatic heterocycles. The lowest BCUT2D eigenvalue weighted by atomic mass is 10.1. The summed E-state index contributed by atoms with van der Waals surface area (Å²) in [6.45, 7) is 3.27. The van der Waals surface area contributed by atoms with Gasteiger partial charge in [-0.1, -0.05) is 18.2 Å². The molecule has 8 heteroatoms. The predicted molar refractivity (Wildman–Crippen MR) is 114 cm³/mol. The number of benzene rings is 1. The molecule has 1 saturated heterocycles. The lowest BCUT2D eigenvalue weighted by Crippen LogP contribution is -2.48. The third-order valence-corrected chi connectivity index (χ3v) is 5.00. The third kappa shape index (κ3) is 4.55. The minimum atomic E-state index is -0.311. The maximum absolute atomic E-state index is 12.9. The summed E-state index contributed by atoms with van der Waals surface area (Å²) in [5, 5.41) is 4.15. The zero-order valence-corrected chi connectivity index (χ0v) is 16.8. The molecule has 3 aromatic rings. The Kier molecular flexibility index (Phi) is 5.73. The van der Waals surface area contributed by atoms with Gasteiger partial charge in [0.25, 0.3) is 5.91 Å². The first-order valence-electron chi connectivity index (χ1n) is 9.52. The van der Waals surface area contributed by atoms with Gasteiger partial charge in [-0.15, -0.1) is 0 Å². The molecule has 0 saturated carbocycles. The van der Waals surface area contributed by atoms with Crippen LogP contribution in [0.2, 0.25) is 0 Å². The Morgan fingerprint density at radius 3 is 2.86 bits per heavy atom. The number of nitrogens with zero attached hydrogens (tertiary/aromatic N) is 1. The number of hydrazine groups is 1. The predicted octanol–water partition coefficient (Wildman–Crippen LogP) is 3.09. The van der Waals surface area contributed by atoms with E-state index in [1.54, 1.807) is 6.07 Å². The molecule has 0 radical (unpaired) electrons. The second-order valence-corrected chi connectivity index (χ2v) is 7.31. The fraction of sp³-hybridized carbons (Fsp3) is 0.286. The standard InChI is InChI=1S/C21H22N4O3S/c1-13-8-9-19(28-13)18-11-16(15-6-2-3-7-17(15)23-18)20(26)24-25-21(29)22-12-14-5-4-10-27-14/h2-3,6-9,11,14H,4-5,10,12H2,1H3,(H,24,26)(H2,22,25,29)/t14-/m1/s1. The first-order valence-corrected chi connectivity index (χ1v) is 9.93. The van der Waals surface area contributed by atoms with Gasteiger partial charge in [0.15, 0.2) is 10.9 Å². The van der Waals surface area contributed by atoms with Crippen LogP contribution in [0.4, 0.5) is 0 Å². The average Bonchev–Trinajstić information content (AvgIpc) is 3.41. The summed E-state index contributed by atoms with van der Waals surface area (Å²) in [5.41, 5.74) is 7.20. The highest BCUT2D eigenvalue weighted by Gasteiger charge is 2.17. The number of carbonyl (C=O) groups is 1. The van der Waals surface area contributed by atoms with Crippen molar-refractivity contribution >= 4 is 34.1 Å². The van der Waals surface area contributed by atoms with E-state index in [2.05, 4.69) is 21.2 Å².